The summed E-state index contributed by atoms with van der Waals surface area (Å²) < 4.78 is 5.50. The molecule has 1 aliphatic carbocycles. The predicted octanol–water partition coefficient (Wildman–Crippen LogP) is 4.96. The van der Waals surface area contributed by atoms with Gasteiger partial charge in [0, 0.05) is 17.3 Å². The molecule has 1 aromatic carbocycles. The third-order valence-electron chi connectivity index (χ3n) is 4.68. The zero-order valence-corrected chi connectivity index (χ0v) is 15.7. The van der Waals surface area contributed by atoms with Crippen molar-refractivity contribution in [3.05, 3.63) is 76.4 Å². The van der Waals surface area contributed by atoms with Crippen molar-refractivity contribution in [2.45, 2.75) is 31.8 Å². The van der Waals surface area contributed by atoms with E-state index in [0.29, 0.717) is 16.1 Å². The minimum Gasteiger partial charge on any atom is -0.467 e. The molecule has 0 radical (unpaired) electrons. The third-order valence-corrected chi connectivity index (χ3v) is 5.55. The number of thiophene rings is 1. The lowest BCUT2D eigenvalue weighted by molar-refractivity contribution is 0.0652. The van der Waals surface area contributed by atoms with Crippen LogP contribution in [0.15, 0.2) is 64.6 Å². The van der Waals surface area contributed by atoms with Crippen LogP contribution < -0.4 is 5.32 Å². The van der Waals surface area contributed by atoms with Gasteiger partial charge in [0.25, 0.3) is 11.8 Å². The largest absolute Gasteiger partial charge is 0.467 e. The first-order valence-corrected chi connectivity index (χ1v) is 9.82. The molecular formula is C21H20N2O3S. The molecule has 6 heteroatoms. The van der Waals surface area contributed by atoms with Crippen molar-refractivity contribution in [3.63, 3.8) is 0 Å². The maximum absolute atomic E-state index is 13.1. The van der Waals surface area contributed by atoms with Gasteiger partial charge in [0.15, 0.2) is 0 Å². The number of carbonyl (C=O) groups excluding carboxylic acids is 2. The van der Waals surface area contributed by atoms with Crippen molar-refractivity contribution in [1.82, 2.24) is 4.90 Å². The van der Waals surface area contributed by atoms with Gasteiger partial charge in [-0.25, -0.2) is 0 Å². The molecule has 1 N–H and O–H groups in total. The molecule has 0 aliphatic heterocycles. The topological polar surface area (TPSA) is 62.6 Å². The van der Waals surface area contributed by atoms with Gasteiger partial charge in [0.05, 0.1) is 17.2 Å². The quantitative estimate of drug-likeness (QED) is 0.657. The Morgan fingerprint density at radius 2 is 1.93 bits per heavy atom. The summed E-state index contributed by atoms with van der Waals surface area (Å²) in [6.07, 6.45) is 3.67. The van der Waals surface area contributed by atoms with Gasteiger partial charge in [-0.15, -0.1) is 11.3 Å². The number of anilines is 1. The molecular weight excluding hydrogens is 360 g/mol. The summed E-state index contributed by atoms with van der Waals surface area (Å²) in [5.41, 5.74) is 1.27. The Hall–Kier alpha value is -2.86. The van der Waals surface area contributed by atoms with Gasteiger partial charge in [-0.2, -0.15) is 0 Å². The van der Waals surface area contributed by atoms with E-state index in [1.807, 2.05) is 35.4 Å². The van der Waals surface area contributed by atoms with Gasteiger partial charge in [0.2, 0.25) is 0 Å². The van der Waals surface area contributed by atoms with Crippen molar-refractivity contribution in [2.24, 2.45) is 0 Å². The number of benzene rings is 1. The first-order valence-electron chi connectivity index (χ1n) is 8.94. The van der Waals surface area contributed by atoms with Crippen LogP contribution in [0.1, 0.15) is 51.6 Å². The smallest absolute Gasteiger partial charge is 0.265 e. The Morgan fingerprint density at radius 3 is 2.52 bits per heavy atom. The Bertz CT molecular complexity index is 913. The highest BCUT2D eigenvalue weighted by molar-refractivity contribution is 7.12. The van der Waals surface area contributed by atoms with Crippen molar-refractivity contribution in [3.8, 4) is 0 Å². The average Bonchev–Trinajstić information content (AvgIpc) is 3.17. The number of nitrogens with one attached hydrogen (secondary N) is 1. The summed E-state index contributed by atoms with van der Waals surface area (Å²) in [4.78, 5) is 27.8. The van der Waals surface area contributed by atoms with Gasteiger partial charge >= 0.3 is 0 Å². The fourth-order valence-corrected chi connectivity index (χ4v) is 3.74. The van der Waals surface area contributed by atoms with Crippen LogP contribution in [0.2, 0.25) is 0 Å². The molecule has 4 rings (SSSR count). The second kappa shape index (κ2) is 7.40. The molecule has 0 bridgehead atoms. The van der Waals surface area contributed by atoms with Crippen LogP contribution in [-0.2, 0) is 0 Å². The summed E-state index contributed by atoms with van der Waals surface area (Å²) >= 11 is 1.39. The average molecular weight is 380 g/mol. The normalized spacial score (nSPS) is 14.6. The zero-order chi connectivity index (χ0) is 18.8. The molecule has 0 spiro atoms. The number of nitrogens with zero attached hydrogens (tertiary/aromatic N) is 1. The minimum atomic E-state index is -0.143. The number of hydrogen-bond acceptors (Lipinski definition) is 4. The molecule has 138 valence electrons. The molecule has 2 amide bonds. The van der Waals surface area contributed by atoms with E-state index < -0.39 is 0 Å². The zero-order valence-electron chi connectivity index (χ0n) is 14.9. The van der Waals surface area contributed by atoms with Crippen LogP contribution in [0.3, 0.4) is 0 Å². The molecule has 1 unspecified atom stereocenters. The van der Waals surface area contributed by atoms with E-state index in [1.54, 1.807) is 36.6 Å². The molecule has 1 aliphatic rings. The van der Waals surface area contributed by atoms with Crippen molar-refractivity contribution < 1.29 is 14.0 Å². The summed E-state index contributed by atoms with van der Waals surface area (Å²) in [5.74, 6) is 0.628. The fourth-order valence-electron chi connectivity index (χ4n) is 3.12. The monoisotopic (exact) mass is 380 g/mol. The standard InChI is InChI=1S/C21H20N2O3S/c1-14(18-4-2-12-26-18)23(17-10-11-17)21(25)15-6-8-16(9-7-15)22-20(24)19-5-3-13-27-19/h2-9,12-14,17H,10-11H2,1H3,(H,22,24). The van der Waals surface area contributed by atoms with E-state index in [4.69, 9.17) is 4.42 Å². The highest BCUT2D eigenvalue weighted by Crippen LogP contribution is 2.35. The SMILES string of the molecule is CC(c1ccco1)N(C(=O)c1ccc(NC(=O)c2cccs2)cc1)C1CC1. The molecule has 1 saturated carbocycles. The van der Waals surface area contributed by atoms with Crippen LogP contribution in [0.25, 0.3) is 0 Å². The molecule has 1 atom stereocenters. The van der Waals surface area contributed by atoms with E-state index in [-0.39, 0.29) is 23.9 Å². The van der Waals surface area contributed by atoms with Gasteiger partial charge in [-0.1, -0.05) is 6.07 Å². The van der Waals surface area contributed by atoms with Crippen LogP contribution in [0, 0.1) is 0 Å². The number of furan rings is 1. The molecule has 1 fully saturated rings. The van der Waals surface area contributed by atoms with E-state index in [9.17, 15) is 9.59 Å². The summed E-state index contributed by atoms with van der Waals surface area (Å²) in [6.45, 7) is 1.99. The van der Waals surface area contributed by atoms with Crippen LogP contribution in [0.5, 0.6) is 0 Å². The summed E-state index contributed by atoms with van der Waals surface area (Å²) in [7, 11) is 0. The lowest BCUT2D eigenvalue weighted by Gasteiger charge is -2.28. The number of amides is 2. The van der Waals surface area contributed by atoms with E-state index >= 15 is 0 Å². The minimum absolute atomic E-state index is 0.0162. The lowest BCUT2D eigenvalue weighted by Crippen LogP contribution is -2.35. The van der Waals surface area contributed by atoms with Crippen LogP contribution >= 0.6 is 11.3 Å². The molecule has 2 aromatic heterocycles. The van der Waals surface area contributed by atoms with Gasteiger partial charge < -0.3 is 14.6 Å². The molecule has 3 aromatic rings. The molecule has 2 heterocycles. The van der Waals surface area contributed by atoms with E-state index in [2.05, 4.69) is 5.32 Å². The second-order valence-electron chi connectivity index (χ2n) is 6.64. The summed E-state index contributed by atoms with van der Waals surface area (Å²) in [6, 6.07) is 14.6. The number of rotatable bonds is 6. The Labute approximate surface area is 161 Å². The second-order valence-corrected chi connectivity index (χ2v) is 7.59. The number of carbonyl (C=O) groups is 2. The van der Waals surface area contributed by atoms with E-state index in [1.165, 1.54) is 11.3 Å². The van der Waals surface area contributed by atoms with Gasteiger partial charge in [-0.3, -0.25) is 9.59 Å². The Kier molecular flexibility index (Phi) is 4.81. The number of hydrogen-bond donors (Lipinski definition) is 1. The van der Waals surface area contributed by atoms with Crippen LogP contribution in [0.4, 0.5) is 5.69 Å². The van der Waals surface area contributed by atoms with Gasteiger partial charge in [0.1, 0.15) is 5.76 Å². The Balaban J connectivity index is 1.48. The van der Waals surface area contributed by atoms with Crippen molar-refractivity contribution in [1.29, 1.82) is 0 Å². The maximum Gasteiger partial charge on any atom is 0.265 e. The van der Waals surface area contributed by atoms with Crippen molar-refractivity contribution in [2.75, 3.05) is 5.32 Å². The highest BCUT2D eigenvalue weighted by atomic mass is 32.1. The summed E-state index contributed by atoms with van der Waals surface area (Å²) in [5, 5.41) is 4.72. The third kappa shape index (κ3) is 3.80. The highest BCUT2D eigenvalue weighted by Gasteiger charge is 2.37. The molecule has 0 saturated heterocycles. The first-order chi connectivity index (χ1) is 13.1. The van der Waals surface area contributed by atoms with Crippen LogP contribution in [-0.4, -0.2) is 22.8 Å². The molecule has 27 heavy (non-hydrogen) atoms. The Morgan fingerprint density at radius 1 is 1.15 bits per heavy atom. The lowest BCUT2D eigenvalue weighted by atomic mass is 10.1. The fraction of sp³-hybridized carbons (Fsp3) is 0.238. The maximum atomic E-state index is 13.1. The predicted molar refractivity (Wildman–Crippen MR) is 105 cm³/mol. The van der Waals surface area contributed by atoms with E-state index in [0.717, 1.165) is 18.6 Å². The van der Waals surface area contributed by atoms with Gasteiger partial charge in [-0.05, 0) is 67.6 Å². The van der Waals surface area contributed by atoms with Crippen molar-refractivity contribution >= 4 is 28.8 Å². The first kappa shape index (κ1) is 17.5. The molecule has 5 nitrogen and oxygen atoms in total.